The Labute approximate surface area is 215 Å². The summed E-state index contributed by atoms with van der Waals surface area (Å²) in [5, 5.41) is 10.3. The van der Waals surface area contributed by atoms with Gasteiger partial charge < -0.3 is 16.4 Å². The smallest absolute Gasteiger partial charge is 0.323 e. The van der Waals surface area contributed by atoms with Gasteiger partial charge in [-0.2, -0.15) is 5.10 Å². The predicted molar refractivity (Wildman–Crippen MR) is 145 cm³/mol. The third-order valence-corrected chi connectivity index (χ3v) is 7.35. The van der Waals surface area contributed by atoms with E-state index in [0.29, 0.717) is 22.8 Å². The van der Waals surface area contributed by atoms with Gasteiger partial charge in [0, 0.05) is 29.3 Å². The summed E-state index contributed by atoms with van der Waals surface area (Å²) in [7, 11) is -3.31. The third kappa shape index (κ3) is 5.95. The number of sulfone groups is 1. The van der Waals surface area contributed by atoms with Crippen LogP contribution in [-0.4, -0.2) is 40.0 Å². The highest BCUT2D eigenvalue weighted by Gasteiger charge is 2.21. The highest BCUT2D eigenvalue weighted by atomic mass is 32.2. The number of nitrogen functional groups attached to an aromatic ring is 1. The van der Waals surface area contributed by atoms with E-state index in [1.807, 2.05) is 29.1 Å². The lowest BCUT2D eigenvalue weighted by Gasteiger charge is -2.18. The second-order valence-corrected chi connectivity index (χ2v) is 11.7. The van der Waals surface area contributed by atoms with Gasteiger partial charge in [0.15, 0.2) is 9.84 Å². The molecular formula is C26H29N7O3S. The van der Waals surface area contributed by atoms with Crippen LogP contribution in [0.25, 0.3) is 22.5 Å². The number of anilines is 3. The molecule has 0 saturated carbocycles. The molecule has 0 aliphatic carbocycles. The highest BCUT2D eigenvalue weighted by Crippen LogP contribution is 2.33. The highest BCUT2D eigenvalue weighted by molar-refractivity contribution is 7.91. The summed E-state index contributed by atoms with van der Waals surface area (Å²) in [4.78, 5) is 21.2. The van der Waals surface area contributed by atoms with Crippen molar-refractivity contribution >= 4 is 33.2 Å². The molecule has 4 aromatic rings. The number of hydrogen-bond donors (Lipinski definition) is 3. The van der Waals surface area contributed by atoms with Gasteiger partial charge in [0.2, 0.25) is 5.95 Å². The summed E-state index contributed by atoms with van der Waals surface area (Å²) in [6.07, 6.45) is 3.53. The Bertz CT molecular complexity index is 1540. The number of amides is 2. The number of hydrogen-bond acceptors (Lipinski definition) is 7. The van der Waals surface area contributed by atoms with Crippen LogP contribution in [0.5, 0.6) is 0 Å². The van der Waals surface area contributed by atoms with E-state index < -0.39 is 15.9 Å². The van der Waals surface area contributed by atoms with Gasteiger partial charge in [0.1, 0.15) is 5.69 Å². The Morgan fingerprint density at radius 3 is 2.38 bits per heavy atom. The van der Waals surface area contributed by atoms with Crippen LogP contribution >= 0.6 is 0 Å². The van der Waals surface area contributed by atoms with E-state index in [1.165, 1.54) is 12.1 Å². The van der Waals surface area contributed by atoms with Crippen molar-refractivity contribution in [1.82, 2.24) is 19.7 Å². The summed E-state index contributed by atoms with van der Waals surface area (Å²) in [5.74, 6) is 0.165. The van der Waals surface area contributed by atoms with Gasteiger partial charge in [-0.05, 0) is 68.8 Å². The summed E-state index contributed by atoms with van der Waals surface area (Å²) in [5.41, 5.74) is 9.47. The molecule has 0 atom stereocenters. The van der Waals surface area contributed by atoms with Crippen LogP contribution in [-0.2, 0) is 15.4 Å². The molecule has 4 rings (SSSR count). The van der Waals surface area contributed by atoms with Crippen molar-refractivity contribution in [2.45, 2.75) is 38.1 Å². The largest absolute Gasteiger partial charge is 0.368 e. The molecule has 0 saturated heterocycles. The molecule has 0 fully saturated rings. The van der Waals surface area contributed by atoms with E-state index in [2.05, 4.69) is 41.4 Å². The van der Waals surface area contributed by atoms with Crippen LogP contribution in [0, 0.1) is 0 Å². The minimum Gasteiger partial charge on any atom is -0.368 e. The Balaban J connectivity index is 1.59. The summed E-state index contributed by atoms with van der Waals surface area (Å²) in [6.45, 7) is 7.74. The third-order valence-electron chi connectivity index (χ3n) is 5.60. The Kier molecular flexibility index (Phi) is 6.99. The number of urea groups is 1. The number of rotatable bonds is 6. The molecule has 192 valence electrons. The molecule has 4 N–H and O–H groups in total. The predicted octanol–water partition coefficient (Wildman–Crippen LogP) is 4.78. The van der Waals surface area contributed by atoms with E-state index in [4.69, 9.17) is 10.8 Å². The number of nitrogens with zero attached hydrogens (tertiary/aromatic N) is 4. The number of carbonyl (C=O) groups excluding carboxylic acids is 1. The van der Waals surface area contributed by atoms with Crippen molar-refractivity contribution < 1.29 is 13.2 Å². The fraction of sp³-hybridized carbons (Fsp3) is 0.231. The molecule has 2 amide bonds. The topological polar surface area (TPSA) is 145 Å². The summed E-state index contributed by atoms with van der Waals surface area (Å²) >= 11 is 0. The van der Waals surface area contributed by atoms with E-state index >= 15 is 0 Å². The first-order valence-electron chi connectivity index (χ1n) is 11.7. The number of nitrogens with two attached hydrogens (primary N) is 1. The van der Waals surface area contributed by atoms with Gasteiger partial charge in [-0.3, -0.25) is 4.68 Å². The fourth-order valence-electron chi connectivity index (χ4n) is 3.59. The zero-order chi connectivity index (χ0) is 26.8. The van der Waals surface area contributed by atoms with Crippen LogP contribution in [0.3, 0.4) is 0 Å². The van der Waals surface area contributed by atoms with Crippen molar-refractivity contribution in [1.29, 1.82) is 0 Å². The molecule has 0 aliphatic rings. The zero-order valence-corrected chi connectivity index (χ0v) is 21.9. The van der Waals surface area contributed by atoms with Gasteiger partial charge in [0.25, 0.3) is 0 Å². The van der Waals surface area contributed by atoms with Crippen molar-refractivity contribution in [3.05, 3.63) is 67.0 Å². The number of benzene rings is 2. The molecule has 11 heteroatoms. The molecule has 2 aromatic heterocycles. The average molecular weight is 520 g/mol. The molecular weight excluding hydrogens is 490 g/mol. The van der Waals surface area contributed by atoms with E-state index in [9.17, 15) is 13.2 Å². The molecule has 2 heterocycles. The SMILES string of the molecule is CCS(=O)(=O)c1ccc(NC(=O)Nc2cccc(-c3cn(C(C)(C)C)nc3-c3ccnc(N)n3)c2)cc1. The second-order valence-electron chi connectivity index (χ2n) is 9.39. The Hall–Kier alpha value is -4.25. The maximum absolute atomic E-state index is 12.6. The summed E-state index contributed by atoms with van der Waals surface area (Å²) < 4.78 is 25.9. The molecule has 10 nitrogen and oxygen atoms in total. The van der Waals surface area contributed by atoms with Crippen LogP contribution in [0.15, 0.2) is 71.9 Å². The van der Waals surface area contributed by atoms with Crippen LogP contribution in [0.2, 0.25) is 0 Å². The number of nitrogens with one attached hydrogen (secondary N) is 2. The van der Waals surface area contributed by atoms with Crippen LogP contribution < -0.4 is 16.4 Å². The Morgan fingerprint density at radius 2 is 1.73 bits per heavy atom. The number of carbonyl (C=O) groups is 1. The van der Waals surface area contributed by atoms with Crippen molar-refractivity contribution in [2.24, 2.45) is 0 Å². The van der Waals surface area contributed by atoms with Gasteiger partial charge in [-0.15, -0.1) is 0 Å². The standard InChI is InChI=1S/C26H29N7O3S/c1-5-37(35,36)20-11-9-18(10-12-20)29-25(34)30-19-8-6-7-17(15-19)21-16-33(26(2,3)4)32-23(21)22-13-14-28-24(27)31-22/h6-16H,5H2,1-4H3,(H2,27,28,31)(H2,29,30,34). The average Bonchev–Trinajstić information content (AvgIpc) is 3.31. The minimum absolute atomic E-state index is 0.0115. The number of aromatic nitrogens is 4. The first kappa shape index (κ1) is 25.8. The van der Waals surface area contributed by atoms with Crippen molar-refractivity contribution in [3.63, 3.8) is 0 Å². The normalized spacial score (nSPS) is 11.8. The van der Waals surface area contributed by atoms with Crippen LogP contribution in [0.4, 0.5) is 22.1 Å². The molecule has 0 aliphatic heterocycles. The molecule has 0 bridgehead atoms. The lowest BCUT2D eigenvalue weighted by atomic mass is 10.0. The minimum atomic E-state index is -3.31. The molecule has 0 spiro atoms. The van der Waals surface area contributed by atoms with Crippen LogP contribution in [0.1, 0.15) is 27.7 Å². The molecule has 0 radical (unpaired) electrons. The quantitative estimate of drug-likeness (QED) is 0.332. The van der Waals surface area contributed by atoms with Gasteiger partial charge in [-0.25, -0.2) is 23.2 Å². The zero-order valence-electron chi connectivity index (χ0n) is 21.1. The Morgan fingerprint density at radius 1 is 1.03 bits per heavy atom. The van der Waals surface area contributed by atoms with Crippen molar-refractivity contribution in [2.75, 3.05) is 22.1 Å². The van der Waals surface area contributed by atoms with Gasteiger partial charge in [-0.1, -0.05) is 19.1 Å². The van der Waals surface area contributed by atoms with E-state index in [1.54, 1.807) is 37.4 Å². The molecule has 0 unspecified atom stereocenters. The maximum Gasteiger partial charge on any atom is 0.323 e. The first-order chi connectivity index (χ1) is 17.5. The lowest BCUT2D eigenvalue weighted by Crippen LogP contribution is -2.22. The molecule has 37 heavy (non-hydrogen) atoms. The first-order valence-corrected chi connectivity index (χ1v) is 13.3. The monoisotopic (exact) mass is 519 g/mol. The lowest BCUT2D eigenvalue weighted by molar-refractivity contribution is 0.262. The second kappa shape index (κ2) is 10.0. The van der Waals surface area contributed by atoms with E-state index in [-0.39, 0.29) is 22.1 Å². The summed E-state index contributed by atoms with van der Waals surface area (Å²) in [6, 6.07) is 14.7. The molecule has 2 aromatic carbocycles. The maximum atomic E-state index is 12.6. The fourth-order valence-corrected chi connectivity index (χ4v) is 4.48. The van der Waals surface area contributed by atoms with Gasteiger partial charge >= 0.3 is 6.03 Å². The van der Waals surface area contributed by atoms with Crippen molar-refractivity contribution in [3.8, 4) is 22.5 Å². The van der Waals surface area contributed by atoms with Gasteiger partial charge in [0.05, 0.1) is 21.9 Å². The van der Waals surface area contributed by atoms with E-state index in [0.717, 1.165) is 11.1 Å².